The van der Waals surface area contributed by atoms with E-state index < -0.39 is 0 Å². The maximum atomic E-state index is 8.84. The summed E-state index contributed by atoms with van der Waals surface area (Å²) in [5.41, 5.74) is -0.179. The number of aliphatic hydroxyl groups is 1. The summed E-state index contributed by atoms with van der Waals surface area (Å²) in [6.45, 7) is 4.17. The molecule has 0 fully saturated rings. The molecule has 0 bridgehead atoms. The van der Waals surface area contributed by atoms with E-state index in [-0.39, 0.29) is 12.1 Å². The summed E-state index contributed by atoms with van der Waals surface area (Å²) >= 11 is 2.16. The maximum absolute atomic E-state index is 8.84. The van der Waals surface area contributed by atoms with E-state index in [2.05, 4.69) is 37.9 Å². The van der Waals surface area contributed by atoms with Gasteiger partial charge in [0.25, 0.3) is 0 Å². The van der Waals surface area contributed by atoms with Gasteiger partial charge in [0.1, 0.15) is 0 Å². The molecule has 0 radical (unpaired) electrons. The Labute approximate surface area is 97.3 Å². The van der Waals surface area contributed by atoms with Crippen molar-refractivity contribution in [1.29, 1.82) is 0 Å². The van der Waals surface area contributed by atoms with Gasteiger partial charge in [0.05, 0.1) is 0 Å². The number of hydrogen-bond donors (Lipinski definition) is 2. The first kappa shape index (κ1) is 11.6. The van der Waals surface area contributed by atoms with Gasteiger partial charge in [0.15, 0.2) is 0 Å². The van der Waals surface area contributed by atoms with Crippen molar-refractivity contribution >= 4 is 28.5 Å². The number of nitrogens with one attached hydrogen (secondary N) is 1. The smallest absolute Gasteiger partial charge is 0.223 e. The number of anilines is 1. The van der Waals surface area contributed by atoms with E-state index in [4.69, 9.17) is 5.11 Å². The first-order valence-corrected chi connectivity index (χ1v) is 5.48. The van der Waals surface area contributed by atoms with Crippen LogP contribution in [0.1, 0.15) is 20.3 Å². The average Bonchev–Trinajstić information content (AvgIpc) is 2.08. The molecule has 1 aromatic heterocycles. The van der Waals surface area contributed by atoms with Crippen LogP contribution in [0.4, 0.5) is 5.95 Å². The number of nitrogens with zero attached hydrogens (tertiary/aromatic N) is 2. The molecule has 0 saturated heterocycles. The lowest BCUT2D eigenvalue weighted by Gasteiger charge is -2.25. The van der Waals surface area contributed by atoms with Gasteiger partial charge < -0.3 is 10.4 Å². The summed E-state index contributed by atoms with van der Waals surface area (Å²) in [6, 6.07) is 0. The van der Waals surface area contributed by atoms with Crippen LogP contribution in [0, 0.1) is 3.57 Å². The van der Waals surface area contributed by atoms with E-state index >= 15 is 0 Å². The fraction of sp³-hybridized carbons (Fsp3) is 0.556. The van der Waals surface area contributed by atoms with Gasteiger partial charge in [-0.05, 0) is 42.9 Å². The minimum atomic E-state index is -0.179. The molecule has 78 valence electrons. The second-order valence-corrected chi connectivity index (χ2v) is 4.95. The first-order valence-electron chi connectivity index (χ1n) is 4.40. The Hall–Kier alpha value is -0.430. The molecule has 1 heterocycles. The Kier molecular flexibility index (Phi) is 4.06. The Morgan fingerprint density at radius 1 is 1.43 bits per heavy atom. The molecular weight excluding hydrogens is 293 g/mol. The van der Waals surface area contributed by atoms with Crippen LogP contribution in [-0.4, -0.2) is 27.2 Å². The van der Waals surface area contributed by atoms with Crippen molar-refractivity contribution in [3.63, 3.8) is 0 Å². The topological polar surface area (TPSA) is 58.0 Å². The van der Waals surface area contributed by atoms with Gasteiger partial charge in [0, 0.05) is 28.1 Å². The third-order valence-electron chi connectivity index (χ3n) is 1.81. The van der Waals surface area contributed by atoms with Crippen LogP contribution in [0.15, 0.2) is 12.4 Å². The molecule has 4 nitrogen and oxygen atoms in total. The van der Waals surface area contributed by atoms with Crippen LogP contribution in [0.3, 0.4) is 0 Å². The summed E-state index contributed by atoms with van der Waals surface area (Å²) in [5, 5.41) is 12.0. The molecule has 0 aliphatic heterocycles. The molecule has 0 aromatic carbocycles. The average molecular weight is 307 g/mol. The van der Waals surface area contributed by atoms with Crippen LogP contribution in [-0.2, 0) is 0 Å². The zero-order chi connectivity index (χ0) is 10.6. The second kappa shape index (κ2) is 4.88. The van der Waals surface area contributed by atoms with Crippen molar-refractivity contribution in [2.24, 2.45) is 0 Å². The molecule has 0 unspecified atom stereocenters. The molecule has 14 heavy (non-hydrogen) atoms. The minimum Gasteiger partial charge on any atom is -0.396 e. The molecule has 1 rings (SSSR count). The highest BCUT2D eigenvalue weighted by Crippen LogP contribution is 2.14. The molecule has 0 aliphatic carbocycles. The van der Waals surface area contributed by atoms with Crippen LogP contribution in [0.2, 0.25) is 0 Å². The van der Waals surface area contributed by atoms with Gasteiger partial charge in [-0.1, -0.05) is 0 Å². The van der Waals surface area contributed by atoms with Crippen LogP contribution < -0.4 is 5.32 Å². The van der Waals surface area contributed by atoms with Crippen LogP contribution in [0.5, 0.6) is 0 Å². The molecule has 0 amide bonds. The number of hydrogen-bond acceptors (Lipinski definition) is 4. The predicted molar refractivity (Wildman–Crippen MR) is 64.2 cm³/mol. The van der Waals surface area contributed by atoms with E-state index in [1.165, 1.54) is 0 Å². The van der Waals surface area contributed by atoms with E-state index in [1.807, 2.05) is 13.8 Å². The summed E-state index contributed by atoms with van der Waals surface area (Å²) in [4.78, 5) is 8.27. The number of aromatic nitrogens is 2. The SMILES string of the molecule is CC(C)(CCO)Nc1ncc(I)cn1. The quantitative estimate of drug-likeness (QED) is 0.831. The van der Waals surface area contributed by atoms with E-state index in [1.54, 1.807) is 12.4 Å². The van der Waals surface area contributed by atoms with Gasteiger partial charge in [0.2, 0.25) is 5.95 Å². The lowest BCUT2D eigenvalue weighted by Crippen LogP contribution is -2.32. The van der Waals surface area contributed by atoms with E-state index in [0.29, 0.717) is 12.4 Å². The fourth-order valence-electron chi connectivity index (χ4n) is 1.02. The van der Waals surface area contributed by atoms with Gasteiger partial charge in [-0.15, -0.1) is 0 Å². The Morgan fingerprint density at radius 2 is 2.00 bits per heavy atom. The predicted octanol–water partition coefficient (Wildman–Crippen LogP) is 1.65. The van der Waals surface area contributed by atoms with Crippen LogP contribution in [0.25, 0.3) is 0 Å². The normalized spacial score (nSPS) is 11.4. The van der Waals surface area contributed by atoms with Gasteiger partial charge in [-0.3, -0.25) is 0 Å². The highest BCUT2D eigenvalue weighted by molar-refractivity contribution is 14.1. The molecule has 1 aromatic rings. The van der Waals surface area contributed by atoms with Crippen molar-refractivity contribution in [3.05, 3.63) is 16.0 Å². The lowest BCUT2D eigenvalue weighted by molar-refractivity contribution is 0.260. The highest BCUT2D eigenvalue weighted by Gasteiger charge is 2.17. The zero-order valence-corrected chi connectivity index (χ0v) is 10.4. The fourth-order valence-corrected chi connectivity index (χ4v) is 1.30. The highest BCUT2D eigenvalue weighted by atomic mass is 127. The maximum Gasteiger partial charge on any atom is 0.223 e. The Bertz CT molecular complexity index is 287. The van der Waals surface area contributed by atoms with Crippen molar-refractivity contribution < 1.29 is 5.11 Å². The number of aliphatic hydroxyl groups excluding tert-OH is 1. The minimum absolute atomic E-state index is 0.157. The van der Waals surface area contributed by atoms with Crippen molar-refractivity contribution in [2.75, 3.05) is 11.9 Å². The van der Waals surface area contributed by atoms with Gasteiger partial charge >= 0.3 is 0 Å². The van der Waals surface area contributed by atoms with E-state index in [9.17, 15) is 0 Å². The monoisotopic (exact) mass is 307 g/mol. The molecule has 0 aliphatic rings. The zero-order valence-electron chi connectivity index (χ0n) is 8.29. The van der Waals surface area contributed by atoms with Crippen molar-refractivity contribution in [2.45, 2.75) is 25.8 Å². The Balaban J connectivity index is 2.64. The first-order chi connectivity index (χ1) is 6.53. The molecule has 2 N–H and O–H groups in total. The lowest BCUT2D eigenvalue weighted by atomic mass is 10.0. The Morgan fingerprint density at radius 3 is 2.50 bits per heavy atom. The summed E-state index contributed by atoms with van der Waals surface area (Å²) < 4.78 is 1.01. The van der Waals surface area contributed by atoms with Gasteiger partial charge in [-0.25, -0.2) is 9.97 Å². The van der Waals surface area contributed by atoms with Crippen molar-refractivity contribution in [1.82, 2.24) is 9.97 Å². The largest absolute Gasteiger partial charge is 0.396 e. The molecule has 0 saturated carbocycles. The van der Waals surface area contributed by atoms with Gasteiger partial charge in [-0.2, -0.15) is 0 Å². The third-order valence-corrected chi connectivity index (χ3v) is 2.36. The summed E-state index contributed by atoms with van der Waals surface area (Å²) in [6.07, 6.45) is 4.18. The van der Waals surface area contributed by atoms with E-state index in [0.717, 1.165) is 3.57 Å². The standard InChI is InChI=1S/C9H14IN3O/c1-9(2,3-4-14)13-8-11-5-7(10)6-12-8/h5-6,14H,3-4H2,1-2H3,(H,11,12,13). The second-order valence-electron chi connectivity index (χ2n) is 3.71. The molecule has 5 heteroatoms. The number of halogens is 1. The molecule has 0 atom stereocenters. The summed E-state index contributed by atoms with van der Waals surface area (Å²) in [5.74, 6) is 0.601. The van der Waals surface area contributed by atoms with Crippen LogP contribution >= 0.6 is 22.6 Å². The molecule has 0 spiro atoms. The third kappa shape index (κ3) is 3.75. The number of rotatable bonds is 4. The molecular formula is C9H14IN3O. The summed E-state index contributed by atoms with van der Waals surface area (Å²) in [7, 11) is 0. The van der Waals surface area contributed by atoms with Crippen molar-refractivity contribution in [3.8, 4) is 0 Å².